The molecule has 1 N–H and O–H groups in total. The Balaban J connectivity index is 1.48. The second-order valence-electron chi connectivity index (χ2n) is 8.67. The van der Waals surface area contributed by atoms with Gasteiger partial charge in [-0.05, 0) is 56.7 Å². The Morgan fingerprint density at radius 2 is 2.03 bits per heavy atom. The third-order valence-electron chi connectivity index (χ3n) is 6.75. The van der Waals surface area contributed by atoms with E-state index in [-0.39, 0.29) is 16.5 Å². The molecule has 1 aliphatic carbocycles. The van der Waals surface area contributed by atoms with Gasteiger partial charge in [0.2, 0.25) is 0 Å². The van der Waals surface area contributed by atoms with Crippen LogP contribution in [0.1, 0.15) is 41.9 Å². The van der Waals surface area contributed by atoms with Gasteiger partial charge in [0.25, 0.3) is 11.1 Å². The van der Waals surface area contributed by atoms with Crippen LogP contribution in [0.2, 0.25) is 0 Å². The maximum Gasteiger partial charge on any atom is 0.255 e. The predicted octanol–water partition coefficient (Wildman–Crippen LogP) is 2.41. The topological polar surface area (TPSA) is 71.0 Å². The van der Waals surface area contributed by atoms with Gasteiger partial charge in [-0.25, -0.2) is 4.98 Å². The van der Waals surface area contributed by atoms with Crippen molar-refractivity contribution >= 4 is 10.9 Å². The normalized spacial score (nSPS) is 21.7. The highest BCUT2D eigenvalue weighted by Gasteiger charge is 2.44. The number of para-hydroxylation sites is 1. The van der Waals surface area contributed by atoms with Crippen LogP contribution >= 0.6 is 0 Å². The van der Waals surface area contributed by atoms with Gasteiger partial charge in [0.05, 0.1) is 11.2 Å². The van der Waals surface area contributed by atoms with E-state index >= 15 is 0 Å². The number of H-pyrrole nitrogens is 1. The Bertz CT molecular complexity index is 1230. The summed E-state index contributed by atoms with van der Waals surface area (Å²) in [5.41, 5.74) is 3.67. The largest absolute Gasteiger partial charge is 0.311 e. The predicted molar refractivity (Wildman–Crippen MR) is 113 cm³/mol. The Hall–Kier alpha value is -2.73. The van der Waals surface area contributed by atoms with Crippen molar-refractivity contribution in [3.05, 3.63) is 73.7 Å². The van der Waals surface area contributed by atoms with Crippen LogP contribution in [0.25, 0.3) is 10.9 Å². The number of hydrogen-bond acceptors (Lipinski definition) is 4. The maximum absolute atomic E-state index is 12.9. The van der Waals surface area contributed by atoms with Gasteiger partial charge in [-0.15, -0.1) is 0 Å². The third kappa shape index (κ3) is 2.94. The summed E-state index contributed by atoms with van der Waals surface area (Å²) in [5.74, 6) is 0.690. The van der Waals surface area contributed by atoms with Gasteiger partial charge in [0.15, 0.2) is 0 Å². The molecule has 0 bridgehead atoms. The van der Waals surface area contributed by atoms with E-state index in [1.807, 2.05) is 38.2 Å². The lowest BCUT2D eigenvalue weighted by atomic mass is 9.77. The van der Waals surface area contributed by atoms with E-state index in [2.05, 4.69) is 16.0 Å². The van der Waals surface area contributed by atoms with Crippen molar-refractivity contribution in [2.75, 3.05) is 13.1 Å². The number of benzene rings is 1. The maximum atomic E-state index is 12.9. The van der Waals surface area contributed by atoms with Crippen molar-refractivity contribution in [3.63, 3.8) is 0 Å². The van der Waals surface area contributed by atoms with Gasteiger partial charge >= 0.3 is 0 Å². The summed E-state index contributed by atoms with van der Waals surface area (Å²) in [4.78, 5) is 35.3. The zero-order valence-corrected chi connectivity index (χ0v) is 17.0. The minimum Gasteiger partial charge on any atom is -0.311 e. The van der Waals surface area contributed by atoms with Crippen molar-refractivity contribution in [3.8, 4) is 0 Å². The van der Waals surface area contributed by atoms with E-state index in [1.165, 1.54) is 0 Å². The number of fused-ring (bicyclic) bond motifs is 3. The molecule has 2 aliphatic rings. The number of piperidine rings is 1. The fourth-order valence-corrected chi connectivity index (χ4v) is 5.37. The number of nitrogens with zero attached hydrogens (tertiary/aromatic N) is 3. The number of aromatic amines is 1. The molecule has 5 rings (SSSR count). The van der Waals surface area contributed by atoms with Crippen LogP contribution in [-0.4, -0.2) is 32.5 Å². The van der Waals surface area contributed by atoms with Crippen LogP contribution in [0.4, 0.5) is 0 Å². The van der Waals surface area contributed by atoms with E-state index in [0.29, 0.717) is 12.4 Å². The molecule has 0 saturated carbocycles. The standard InChI is InChI=1S/C23H26N4O2/c1-15-24-20-18(21(28)25-15)8-10-23(20)9-5-11-27(14-23)13-17-12-16-6-3-4-7-19(16)26(2)22(17)29/h3-4,6-7,12H,5,8-11,13-14H2,1-2H3,(H,24,25,28). The second-order valence-corrected chi connectivity index (χ2v) is 8.67. The van der Waals surface area contributed by atoms with Gasteiger partial charge in [0.1, 0.15) is 5.82 Å². The quantitative estimate of drug-likeness (QED) is 0.730. The summed E-state index contributed by atoms with van der Waals surface area (Å²) in [7, 11) is 1.85. The summed E-state index contributed by atoms with van der Waals surface area (Å²) in [6.45, 7) is 4.31. The fraction of sp³-hybridized carbons (Fsp3) is 0.435. The Kier molecular flexibility index (Phi) is 4.21. The zero-order valence-electron chi connectivity index (χ0n) is 17.0. The van der Waals surface area contributed by atoms with Gasteiger partial charge in [0, 0.05) is 36.7 Å². The van der Waals surface area contributed by atoms with Crippen LogP contribution in [0.3, 0.4) is 0 Å². The van der Waals surface area contributed by atoms with Gasteiger partial charge in [-0.3, -0.25) is 14.5 Å². The average Bonchev–Trinajstić information content (AvgIpc) is 3.04. The minimum absolute atomic E-state index is 0.0184. The van der Waals surface area contributed by atoms with Crippen molar-refractivity contribution < 1.29 is 0 Å². The molecule has 6 nitrogen and oxygen atoms in total. The molecule has 3 heterocycles. The van der Waals surface area contributed by atoms with Gasteiger partial charge in [-0.1, -0.05) is 18.2 Å². The van der Waals surface area contributed by atoms with E-state index in [4.69, 9.17) is 4.98 Å². The Labute approximate surface area is 169 Å². The molecule has 2 aromatic heterocycles. The fourth-order valence-electron chi connectivity index (χ4n) is 5.37. The molecule has 1 aromatic carbocycles. The molecular formula is C23H26N4O2. The first-order valence-corrected chi connectivity index (χ1v) is 10.4. The monoisotopic (exact) mass is 390 g/mol. The highest BCUT2D eigenvalue weighted by molar-refractivity contribution is 5.79. The number of likely N-dealkylation sites (tertiary alicyclic amines) is 1. The van der Waals surface area contributed by atoms with E-state index in [1.54, 1.807) is 4.57 Å². The molecule has 1 spiro atoms. The summed E-state index contributed by atoms with van der Waals surface area (Å²) >= 11 is 0. The summed E-state index contributed by atoms with van der Waals surface area (Å²) < 4.78 is 1.75. The lowest BCUT2D eigenvalue weighted by Gasteiger charge is -2.40. The average molecular weight is 390 g/mol. The zero-order chi connectivity index (χ0) is 20.2. The highest BCUT2D eigenvalue weighted by atomic mass is 16.1. The first-order chi connectivity index (χ1) is 14.0. The molecule has 1 unspecified atom stereocenters. The van der Waals surface area contributed by atoms with Crippen molar-refractivity contribution in [1.29, 1.82) is 0 Å². The number of nitrogens with one attached hydrogen (secondary N) is 1. The van der Waals surface area contributed by atoms with Gasteiger partial charge < -0.3 is 9.55 Å². The number of pyridine rings is 1. The smallest absolute Gasteiger partial charge is 0.255 e. The minimum atomic E-state index is -0.0608. The van der Waals surface area contributed by atoms with E-state index < -0.39 is 0 Å². The molecule has 0 radical (unpaired) electrons. The molecular weight excluding hydrogens is 364 g/mol. The molecule has 1 atom stereocenters. The van der Waals surface area contributed by atoms with Crippen LogP contribution in [0.5, 0.6) is 0 Å². The van der Waals surface area contributed by atoms with Crippen LogP contribution in [0, 0.1) is 6.92 Å². The first kappa shape index (κ1) is 18.3. The van der Waals surface area contributed by atoms with Crippen molar-refractivity contribution in [2.24, 2.45) is 7.05 Å². The summed E-state index contributed by atoms with van der Waals surface area (Å²) in [6, 6.07) is 10.0. The van der Waals surface area contributed by atoms with Gasteiger partial charge in [-0.2, -0.15) is 0 Å². The van der Waals surface area contributed by atoms with Crippen LogP contribution in [0.15, 0.2) is 39.9 Å². The summed E-state index contributed by atoms with van der Waals surface area (Å²) in [6.07, 6.45) is 3.88. The van der Waals surface area contributed by atoms with Crippen molar-refractivity contribution in [2.45, 2.75) is 44.6 Å². The SMILES string of the molecule is Cc1nc2c(c(=O)[nH]1)CCC21CCCN(Cc2cc3ccccc3n(C)c2=O)C1. The highest BCUT2D eigenvalue weighted by Crippen LogP contribution is 2.43. The lowest BCUT2D eigenvalue weighted by Crippen LogP contribution is -2.46. The molecule has 0 amide bonds. The molecule has 6 heteroatoms. The number of aromatic nitrogens is 3. The molecule has 1 aliphatic heterocycles. The molecule has 150 valence electrons. The number of rotatable bonds is 2. The molecule has 1 fully saturated rings. The third-order valence-corrected chi connectivity index (χ3v) is 6.75. The number of hydrogen-bond donors (Lipinski definition) is 1. The molecule has 3 aromatic rings. The molecule has 1 saturated heterocycles. The Morgan fingerprint density at radius 1 is 1.21 bits per heavy atom. The second kappa shape index (κ2) is 6.66. The summed E-state index contributed by atoms with van der Waals surface area (Å²) in [5, 5.41) is 1.09. The van der Waals surface area contributed by atoms with Crippen LogP contribution < -0.4 is 11.1 Å². The number of aryl methyl sites for hydroxylation is 2. The van der Waals surface area contributed by atoms with Crippen molar-refractivity contribution in [1.82, 2.24) is 19.4 Å². The van der Waals surface area contributed by atoms with E-state index in [0.717, 1.165) is 66.5 Å². The van der Waals surface area contributed by atoms with E-state index in [9.17, 15) is 9.59 Å². The molecule has 29 heavy (non-hydrogen) atoms. The lowest BCUT2D eigenvalue weighted by molar-refractivity contribution is 0.136. The van der Waals surface area contributed by atoms with Crippen LogP contribution in [-0.2, 0) is 25.4 Å². The Morgan fingerprint density at radius 3 is 2.90 bits per heavy atom. The first-order valence-electron chi connectivity index (χ1n) is 10.4.